The smallest absolute Gasteiger partial charge is 0.337 e. The fraction of sp³-hybridized carbons (Fsp3) is 0.0244. The number of benzene rings is 5. The molecule has 0 saturated carbocycles. The van der Waals surface area contributed by atoms with Gasteiger partial charge in [0.25, 0.3) is 5.56 Å². The molecular weight excluding hydrogens is 692 g/mol. The number of carbonyl (C=O) groups excluding carboxylic acids is 1. The van der Waals surface area contributed by atoms with E-state index < -0.39 is 5.97 Å². The number of ether oxygens (including phenoxy) is 1. The summed E-state index contributed by atoms with van der Waals surface area (Å²) in [4.78, 5) is 31.3. The Balaban J connectivity index is 1.37. The minimum atomic E-state index is -0.411. The average molecular weight is 720 g/mol. The summed E-state index contributed by atoms with van der Waals surface area (Å²) >= 11 is 3.53. The number of para-hydroxylation sites is 1. The monoisotopic (exact) mass is 718 g/mol. The van der Waals surface area contributed by atoms with Crippen molar-refractivity contribution in [1.29, 1.82) is 0 Å². The van der Waals surface area contributed by atoms with Gasteiger partial charge >= 0.3 is 5.97 Å². The van der Waals surface area contributed by atoms with Crippen LogP contribution in [0.15, 0.2) is 158 Å². The highest BCUT2D eigenvalue weighted by atomic mass is 79.9. The SMILES string of the molecule is COC(=O)c1ccc(-n2c(-c3ccccc3)cc(C=Nn3c(-c4cc5cc(Br)ccc5o4)nc4ccccc4c3=O)c2-c2ccccc2)cc1. The van der Waals surface area contributed by atoms with E-state index in [-0.39, 0.29) is 11.4 Å². The van der Waals surface area contributed by atoms with Crippen LogP contribution >= 0.6 is 15.9 Å². The molecule has 242 valence electrons. The average Bonchev–Trinajstić information content (AvgIpc) is 3.76. The molecule has 0 aliphatic heterocycles. The van der Waals surface area contributed by atoms with E-state index in [1.165, 1.54) is 11.8 Å². The van der Waals surface area contributed by atoms with Crippen LogP contribution in [0.2, 0.25) is 0 Å². The van der Waals surface area contributed by atoms with Crippen molar-refractivity contribution < 1.29 is 13.9 Å². The van der Waals surface area contributed by atoms with Gasteiger partial charge in [-0.05, 0) is 77.9 Å². The number of methoxy groups -OCH3 is 1. The Hall–Kier alpha value is -6.32. The second-order valence-electron chi connectivity index (χ2n) is 11.5. The van der Waals surface area contributed by atoms with Crippen LogP contribution in [0.4, 0.5) is 0 Å². The fourth-order valence-electron chi connectivity index (χ4n) is 6.11. The van der Waals surface area contributed by atoms with E-state index in [0.717, 1.165) is 43.6 Å². The highest BCUT2D eigenvalue weighted by molar-refractivity contribution is 9.10. The molecule has 9 heteroatoms. The number of nitrogens with zero attached hydrogens (tertiary/aromatic N) is 4. The second-order valence-corrected chi connectivity index (χ2v) is 12.5. The van der Waals surface area contributed by atoms with Crippen LogP contribution in [0.25, 0.3) is 61.7 Å². The molecule has 0 unspecified atom stereocenters. The number of carbonyl (C=O) groups is 1. The molecule has 0 saturated heterocycles. The van der Waals surface area contributed by atoms with E-state index >= 15 is 0 Å². The van der Waals surface area contributed by atoms with Crippen LogP contribution in [0, 0.1) is 0 Å². The highest BCUT2D eigenvalue weighted by Crippen LogP contribution is 2.36. The van der Waals surface area contributed by atoms with Gasteiger partial charge in [-0.25, -0.2) is 9.78 Å². The molecular formula is C41H27BrN4O4. The van der Waals surface area contributed by atoms with Crippen LogP contribution < -0.4 is 5.56 Å². The highest BCUT2D eigenvalue weighted by Gasteiger charge is 2.21. The number of furan rings is 1. The first-order chi connectivity index (χ1) is 24.5. The lowest BCUT2D eigenvalue weighted by molar-refractivity contribution is 0.0600. The first kappa shape index (κ1) is 31.0. The van der Waals surface area contributed by atoms with Crippen molar-refractivity contribution >= 4 is 50.0 Å². The van der Waals surface area contributed by atoms with Gasteiger partial charge in [0.1, 0.15) is 5.58 Å². The third kappa shape index (κ3) is 5.63. The van der Waals surface area contributed by atoms with Gasteiger partial charge in [0.15, 0.2) is 5.76 Å². The second kappa shape index (κ2) is 12.9. The van der Waals surface area contributed by atoms with Crippen LogP contribution in [0.1, 0.15) is 15.9 Å². The molecule has 0 spiro atoms. The molecule has 0 amide bonds. The molecule has 8 aromatic rings. The van der Waals surface area contributed by atoms with Crippen LogP contribution in [0.5, 0.6) is 0 Å². The number of esters is 1. The van der Waals surface area contributed by atoms with E-state index in [0.29, 0.717) is 27.8 Å². The standard InChI is InChI=1S/C41H27BrN4O4/c1-49-41(48)28-16-19-32(20-17-28)45-35(26-10-4-2-5-11-26)23-30(38(45)27-12-6-3-7-13-27)25-43-46-39(44-34-15-9-8-14-33(34)40(46)47)37-24-29-22-31(42)18-21-36(29)50-37/h2-25H,1H3. The van der Waals surface area contributed by atoms with Gasteiger partial charge in [0, 0.05) is 21.1 Å². The van der Waals surface area contributed by atoms with Crippen molar-refractivity contribution in [3.8, 4) is 39.8 Å². The number of hydrogen-bond donors (Lipinski definition) is 0. The summed E-state index contributed by atoms with van der Waals surface area (Å²) in [6.07, 6.45) is 1.69. The Labute approximate surface area is 294 Å². The van der Waals surface area contributed by atoms with Crippen molar-refractivity contribution in [2.75, 3.05) is 7.11 Å². The Morgan fingerprint density at radius 1 is 0.820 bits per heavy atom. The molecule has 0 N–H and O–H groups in total. The van der Waals surface area contributed by atoms with E-state index in [2.05, 4.69) is 20.5 Å². The maximum atomic E-state index is 14.1. The predicted octanol–water partition coefficient (Wildman–Crippen LogP) is 9.37. The Kier molecular flexibility index (Phi) is 8.02. The van der Waals surface area contributed by atoms with E-state index in [1.54, 1.807) is 30.5 Å². The molecule has 3 aromatic heterocycles. The first-order valence-electron chi connectivity index (χ1n) is 15.8. The third-order valence-corrected chi connectivity index (χ3v) is 8.95. The van der Waals surface area contributed by atoms with Gasteiger partial charge in [-0.1, -0.05) is 88.7 Å². The maximum absolute atomic E-state index is 14.1. The van der Waals surface area contributed by atoms with Crippen LogP contribution in [0.3, 0.4) is 0 Å². The summed E-state index contributed by atoms with van der Waals surface area (Å²) in [5, 5.41) is 6.14. The number of fused-ring (bicyclic) bond motifs is 2. The minimum Gasteiger partial charge on any atom is -0.465 e. The summed E-state index contributed by atoms with van der Waals surface area (Å²) in [7, 11) is 1.36. The lowest BCUT2D eigenvalue weighted by atomic mass is 10.1. The molecule has 0 fully saturated rings. The summed E-state index contributed by atoms with van der Waals surface area (Å²) < 4.78 is 15.5. The zero-order valence-corrected chi connectivity index (χ0v) is 28.2. The summed E-state index contributed by atoms with van der Waals surface area (Å²) in [6.45, 7) is 0. The fourth-order valence-corrected chi connectivity index (χ4v) is 6.49. The predicted molar refractivity (Wildman–Crippen MR) is 200 cm³/mol. The summed E-state index contributed by atoms with van der Waals surface area (Å²) in [6, 6.07) is 44.1. The zero-order valence-electron chi connectivity index (χ0n) is 26.7. The van der Waals surface area contributed by atoms with Gasteiger partial charge in [0.05, 0.1) is 41.2 Å². The largest absolute Gasteiger partial charge is 0.465 e. The van der Waals surface area contributed by atoms with Gasteiger partial charge < -0.3 is 13.7 Å². The molecule has 0 aliphatic carbocycles. The van der Waals surface area contributed by atoms with Gasteiger partial charge in [-0.15, -0.1) is 0 Å². The maximum Gasteiger partial charge on any atom is 0.337 e. The molecule has 8 nitrogen and oxygen atoms in total. The van der Waals surface area contributed by atoms with Gasteiger partial charge in [-0.3, -0.25) is 4.79 Å². The normalized spacial score (nSPS) is 11.5. The lowest BCUT2D eigenvalue weighted by Crippen LogP contribution is -2.20. The summed E-state index contributed by atoms with van der Waals surface area (Å²) in [5.74, 6) is 0.278. The quantitative estimate of drug-likeness (QED) is 0.121. The Morgan fingerprint density at radius 2 is 1.52 bits per heavy atom. The van der Waals surface area contributed by atoms with Crippen molar-refractivity contribution in [3.63, 3.8) is 0 Å². The molecule has 0 atom stereocenters. The van der Waals surface area contributed by atoms with Gasteiger partial charge in [-0.2, -0.15) is 9.78 Å². The van der Waals surface area contributed by atoms with E-state index in [1.807, 2.05) is 115 Å². The van der Waals surface area contributed by atoms with Crippen molar-refractivity contribution in [2.24, 2.45) is 5.10 Å². The zero-order chi connectivity index (χ0) is 34.2. The first-order valence-corrected chi connectivity index (χ1v) is 16.6. The lowest BCUT2D eigenvalue weighted by Gasteiger charge is -2.15. The van der Waals surface area contributed by atoms with Crippen LogP contribution in [-0.2, 0) is 4.74 Å². The van der Waals surface area contributed by atoms with Gasteiger partial charge in [0.2, 0.25) is 5.82 Å². The summed E-state index contributed by atoms with van der Waals surface area (Å²) in [5.41, 5.74) is 6.54. The van der Waals surface area contributed by atoms with E-state index in [9.17, 15) is 9.59 Å². The molecule has 0 bridgehead atoms. The van der Waals surface area contributed by atoms with Crippen LogP contribution in [-0.4, -0.2) is 33.5 Å². The molecule has 8 rings (SSSR count). The minimum absolute atomic E-state index is 0.277. The molecule has 3 heterocycles. The topological polar surface area (TPSA) is 91.6 Å². The molecule has 5 aromatic carbocycles. The number of rotatable bonds is 7. The third-order valence-electron chi connectivity index (χ3n) is 8.46. The molecule has 0 radical (unpaired) electrons. The molecule has 0 aliphatic rings. The van der Waals surface area contributed by atoms with Crippen molar-refractivity contribution in [1.82, 2.24) is 14.2 Å². The number of halogens is 1. The molecule has 50 heavy (non-hydrogen) atoms. The number of hydrogen-bond acceptors (Lipinski definition) is 6. The number of aromatic nitrogens is 3. The Morgan fingerprint density at radius 3 is 2.26 bits per heavy atom. The van der Waals surface area contributed by atoms with E-state index in [4.69, 9.17) is 19.2 Å². The van der Waals surface area contributed by atoms with Crippen molar-refractivity contribution in [2.45, 2.75) is 0 Å². The Bertz CT molecular complexity index is 2620. The van der Waals surface area contributed by atoms with Crippen molar-refractivity contribution in [3.05, 3.63) is 165 Å².